The second kappa shape index (κ2) is 6.83. The van der Waals surface area contributed by atoms with Crippen molar-refractivity contribution in [1.29, 1.82) is 0 Å². The molecule has 0 radical (unpaired) electrons. The van der Waals surface area contributed by atoms with E-state index in [9.17, 15) is 5.11 Å². The van der Waals surface area contributed by atoms with Crippen molar-refractivity contribution in [3.05, 3.63) is 42.7 Å². The van der Waals surface area contributed by atoms with Gasteiger partial charge in [0, 0.05) is 30.4 Å². The first kappa shape index (κ1) is 19.1. The van der Waals surface area contributed by atoms with Crippen molar-refractivity contribution in [2.24, 2.45) is 10.8 Å². The van der Waals surface area contributed by atoms with Gasteiger partial charge in [0.2, 0.25) is 0 Å². The van der Waals surface area contributed by atoms with E-state index in [1.54, 1.807) is 18.5 Å². The fourth-order valence-corrected chi connectivity index (χ4v) is 5.82. The lowest BCUT2D eigenvalue weighted by Gasteiger charge is -2.44. The van der Waals surface area contributed by atoms with Gasteiger partial charge < -0.3 is 10.0 Å². The third-order valence-corrected chi connectivity index (χ3v) is 7.31. The topological polar surface area (TPSA) is 77.9 Å². The number of aromatic hydroxyl groups is 1. The van der Waals surface area contributed by atoms with Gasteiger partial charge in [0.15, 0.2) is 5.82 Å². The number of phenols is 1. The summed E-state index contributed by atoms with van der Waals surface area (Å²) in [6.07, 6.45) is 10.0. The molecule has 2 bridgehead atoms. The van der Waals surface area contributed by atoms with Gasteiger partial charge in [-0.05, 0) is 72.8 Å². The Labute approximate surface area is 177 Å². The zero-order chi connectivity index (χ0) is 20.9. The van der Waals surface area contributed by atoms with Crippen molar-refractivity contribution >= 4 is 5.82 Å². The Morgan fingerprint density at radius 1 is 1.03 bits per heavy atom. The maximum atomic E-state index is 10.5. The van der Waals surface area contributed by atoms with Crippen LogP contribution >= 0.6 is 0 Å². The van der Waals surface area contributed by atoms with E-state index in [4.69, 9.17) is 0 Å². The molecule has 5 rings (SSSR count). The summed E-state index contributed by atoms with van der Waals surface area (Å²) in [6.45, 7) is 4.89. The summed E-state index contributed by atoms with van der Waals surface area (Å²) >= 11 is 0. The van der Waals surface area contributed by atoms with Crippen LogP contribution in [0, 0.1) is 10.8 Å². The summed E-state index contributed by atoms with van der Waals surface area (Å²) in [5.74, 6) is 1.08. The minimum Gasteiger partial charge on any atom is -0.507 e. The number of nitrogens with zero attached hydrogens (tertiary/aromatic N) is 4. The van der Waals surface area contributed by atoms with Gasteiger partial charge in [-0.3, -0.25) is 5.10 Å². The summed E-state index contributed by atoms with van der Waals surface area (Å²) in [6, 6.07) is 10.0. The van der Waals surface area contributed by atoms with E-state index in [1.807, 2.05) is 24.3 Å². The van der Waals surface area contributed by atoms with E-state index >= 15 is 0 Å². The van der Waals surface area contributed by atoms with Crippen LogP contribution in [0.1, 0.15) is 46.0 Å². The number of fused-ring (bicyclic) bond motifs is 2. The Kier molecular flexibility index (Phi) is 4.34. The first-order valence-corrected chi connectivity index (χ1v) is 10.7. The van der Waals surface area contributed by atoms with Gasteiger partial charge in [0.25, 0.3) is 0 Å². The number of nitrogens with one attached hydrogen (secondary N) is 1. The SMILES string of the molecule is CN(c1ccc(-c2ccc(-c3cn[nH]c3)cc2O)nn1)[C@H]1CC2(C)CC[C@](C)(C1)C2. The molecule has 30 heavy (non-hydrogen) atoms. The van der Waals surface area contributed by atoms with Gasteiger partial charge in [-0.25, -0.2) is 0 Å². The molecular formula is C24H29N5O. The van der Waals surface area contributed by atoms with Crippen molar-refractivity contribution < 1.29 is 5.11 Å². The molecule has 2 saturated carbocycles. The summed E-state index contributed by atoms with van der Waals surface area (Å²) in [7, 11) is 2.14. The first-order chi connectivity index (χ1) is 14.3. The molecule has 0 spiro atoms. The quantitative estimate of drug-likeness (QED) is 0.638. The summed E-state index contributed by atoms with van der Waals surface area (Å²) in [5.41, 5.74) is 4.11. The molecule has 2 fully saturated rings. The highest BCUT2D eigenvalue weighted by molar-refractivity contribution is 5.73. The Morgan fingerprint density at radius 2 is 1.80 bits per heavy atom. The molecule has 0 amide bonds. The van der Waals surface area contributed by atoms with E-state index in [1.165, 1.54) is 32.1 Å². The van der Waals surface area contributed by atoms with Crippen LogP contribution in [0.25, 0.3) is 22.4 Å². The lowest BCUT2D eigenvalue weighted by Crippen LogP contribution is -2.42. The molecular weight excluding hydrogens is 374 g/mol. The molecule has 6 nitrogen and oxygen atoms in total. The molecule has 1 aromatic carbocycles. The third kappa shape index (κ3) is 3.34. The van der Waals surface area contributed by atoms with Crippen LogP contribution in [-0.4, -0.2) is 38.6 Å². The normalized spacial score (nSPS) is 27.9. The Balaban J connectivity index is 1.36. The van der Waals surface area contributed by atoms with E-state index in [0.717, 1.165) is 16.9 Å². The molecule has 0 aliphatic heterocycles. The van der Waals surface area contributed by atoms with Crippen molar-refractivity contribution in [3.63, 3.8) is 0 Å². The molecule has 2 N–H and O–H groups in total. The van der Waals surface area contributed by atoms with Gasteiger partial charge in [-0.1, -0.05) is 19.9 Å². The van der Waals surface area contributed by atoms with Crippen LogP contribution in [0.2, 0.25) is 0 Å². The standard InChI is InChI=1S/C24H29N5O/c1-23-8-9-24(2,15-23)12-18(11-23)29(3)22-7-6-20(27-28-22)19-5-4-16(10-21(19)30)17-13-25-26-14-17/h4-7,10,13-14,18,30H,8-9,11-12,15H2,1-3H3,(H,25,26)/t18-,23-,24?/m1/s1. The van der Waals surface area contributed by atoms with Gasteiger partial charge >= 0.3 is 0 Å². The average Bonchev–Trinajstić information content (AvgIpc) is 3.33. The first-order valence-electron chi connectivity index (χ1n) is 10.7. The molecule has 2 aliphatic carbocycles. The van der Waals surface area contributed by atoms with E-state index < -0.39 is 0 Å². The zero-order valence-corrected chi connectivity index (χ0v) is 17.9. The summed E-state index contributed by atoms with van der Waals surface area (Å²) < 4.78 is 0. The molecule has 0 saturated heterocycles. The van der Waals surface area contributed by atoms with Crippen LogP contribution in [-0.2, 0) is 0 Å². The Morgan fingerprint density at radius 3 is 2.40 bits per heavy atom. The molecule has 3 atom stereocenters. The molecule has 156 valence electrons. The number of H-pyrrole nitrogens is 1. The number of hydrogen-bond donors (Lipinski definition) is 2. The van der Waals surface area contributed by atoms with Gasteiger partial charge in [0.05, 0.1) is 11.9 Å². The van der Waals surface area contributed by atoms with Crippen LogP contribution in [0.4, 0.5) is 5.82 Å². The number of aromatic nitrogens is 4. The van der Waals surface area contributed by atoms with Crippen LogP contribution in [0.3, 0.4) is 0 Å². The van der Waals surface area contributed by atoms with E-state index in [0.29, 0.717) is 28.1 Å². The average molecular weight is 404 g/mol. The summed E-state index contributed by atoms with van der Waals surface area (Å²) in [4.78, 5) is 2.31. The van der Waals surface area contributed by atoms with Crippen LogP contribution in [0.5, 0.6) is 5.75 Å². The highest BCUT2D eigenvalue weighted by Crippen LogP contribution is 2.58. The molecule has 2 aromatic heterocycles. The number of benzene rings is 1. The zero-order valence-electron chi connectivity index (χ0n) is 17.9. The predicted octanol–water partition coefficient (Wildman–Crippen LogP) is 5.03. The minimum atomic E-state index is 0.189. The second-order valence-electron chi connectivity index (χ2n) is 9.97. The smallest absolute Gasteiger partial charge is 0.151 e. The largest absolute Gasteiger partial charge is 0.507 e. The monoisotopic (exact) mass is 403 g/mol. The van der Waals surface area contributed by atoms with E-state index in [2.05, 4.69) is 46.2 Å². The Hall–Kier alpha value is -2.89. The van der Waals surface area contributed by atoms with Gasteiger partial charge in [0.1, 0.15) is 5.75 Å². The molecule has 1 unspecified atom stereocenters. The molecule has 3 aromatic rings. The van der Waals surface area contributed by atoms with Crippen molar-refractivity contribution in [2.75, 3.05) is 11.9 Å². The maximum Gasteiger partial charge on any atom is 0.151 e. The molecule has 2 heterocycles. The van der Waals surface area contributed by atoms with Gasteiger partial charge in [-0.15, -0.1) is 10.2 Å². The van der Waals surface area contributed by atoms with Crippen molar-refractivity contribution in [1.82, 2.24) is 20.4 Å². The van der Waals surface area contributed by atoms with Crippen molar-refractivity contribution in [2.45, 2.75) is 52.0 Å². The summed E-state index contributed by atoms with van der Waals surface area (Å²) in [5, 5.41) is 26.2. The lowest BCUT2D eigenvalue weighted by molar-refractivity contribution is 0.148. The number of aromatic amines is 1. The second-order valence-corrected chi connectivity index (χ2v) is 9.97. The minimum absolute atomic E-state index is 0.189. The number of hydrogen-bond acceptors (Lipinski definition) is 5. The van der Waals surface area contributed by atoms with Crippen LogP contribution in [0.15, 0.2) is 42.7 Å². The number of rotatable bonds is 4. The fourth-order valence-electron chi connectivity index (χ4n) is 5.82. The van der Waals surface area contributed by atoms with Gasteiger partial charge in [-0.2, -0.15) is 5.10 Å². The maximum absolute atomic E-state index is 10.5. The third-order valence-electron chi connectivity index (χ3n) is 7.31. The molecule has 6 heteroatoms. The number of anilines is 1. The lowest BCUT2D eigenvalue weighted by atomic mass is 9.68. The molecule has 2 aliphatic rings. The highest BCUT2D eigenvalue weighted by Gasteiger charge is 2.49. The van der Waals surface area contributed by atoms with E-state index in [-0.39, 0.29) is 5.75 Å². The Bertz CT molecular complexity index is 1030. The predicted molar refractivity (Wildman–Crippen MR) is 118 cm³/mol. The highest BCUT2D eigenvalue weighted by atomic mass is 16.3. The fraction of sp³-hybridized carbons (Fsp3) is 0.458. The number of phenolic OH excluding ortho intramolecular Hbond substituents is 1. The van der Waals surface area contributed by atoms with Crippen LogP contribution < -0.4 is 4.90 Å². The van der Waals surface area contributed by atoms with Crippen molar-refractivity contribution in [3.8, 4) is 28.1 Å².